The van der Waals surface area contributed by atoms with Gasteiger partial charge in [0.05, 0.1) is 0 Å². The van der Waals surface area contributed by atoms with Crippen molar-refractivity contribution in [2.45, 2.75) is 6.43 Å². The summed E-state index contributed by atoms with van der Waals surface area (Å²) in [6.07, 6.45) is -2.25. The van der Waals surface area contributed by atoms with Crippen LogP contribution >= 0.6 is 0 Å². The lowest BCUT2D eigenvalue weighted by molar-refractivity contribution is 0.0690. The number of alkyl halides is 2. The van der Waals surface area contributed by atoms with Gasteiger partial charge in [-0.05, 0) is 6.07 Å². The van der Waals surface area contributed by atoms with Crippen LogP contribution in [0.2, 0.25) is 0 Å². The third kappa shape index (κ3) is 1.95. The molecule has 1 rings (SSSR count). The van der Waals surface area contributed by atoms with Gasteiger partial charge < -0.3 is 5.11 Å². The van der Waals surface area contributed by atoms with Gasteiger partial charge in [0.15, 0.2) is 0 Å². The van der Waals surface area contributed by atoms with Crippen LogP contribution in [-0.4, -0.2) is 16.1 Å². The number of halogens is 3. The predicted octanol–water partition coefficient (Wildman–Crippen LogP) is 1.86. The standard InChI is InChI=1S/C7H4F3NO2/c8-5(9)3-1-4(7(12)13)6(10)11-2-3/h1-2,5H,(H,12,13). The van der Waals surface area contributed by atoms with E-state index in [0.29, 0.717) is 12.3 Å². The Morgan fingerprint density at radius 1 is 1.54 bits per heavy atom. The van der Waals surface area contributed by atoms with Crippen LogP contribution in [-0.2, 0) is 0 Å². The van der Waals surface area contributed by atoms with Crippen molar-refractivity contribution in [3.05, 3.63) is 29.3 Å². The van der Waals surface area contributed by atoms with Crippen molar-refractivity contribution >= 4 is 5.97 Å². The molecule has 0 aliphatic rings. The van der Waals surface area contributed by atoms with Crippen molar-refractivity contribution in [1.82, 2.24) is 4.98 Å². The number of hydrogen-bond donors (Lipinski definition) is 1. The SMILES string of the molecule is O=C(O)c1cc(C(F)F)cnc1F. The second-order valence-electron chi connectivity index (χ2n) is 2.21. The highest BCUT2D eigenvalue weighted by molar-refractivity contribution is 5.87. The Hall–Kier alpha value is -1.59. The molecule has 0 aliphatic carbocycles. The molecule has 70 valence electrons. The molecule has 13 heavy (non-hydrogen) atoms. The molecule has 0 radical (unpaired) electrons. The molecular formula is C7H4F3NO2. The second kappa shape index (κ2) is 3.42. The molecule has 0 saturated carbocycles. The Labute approximate surface area is 70.8 Å². The number of aromatic nitrogens is 1. The minimum Gasteiger partial charge on any atom is -0.478 e. The summed E-state index contributed by atoms with van der Waals surface area (Å²) in [5.41, 5.74) is -1.46. The van der Waals surface area contributed by atoms with E-state index < -0.39 is 29.5 Å². The summed E-state index contributed by atoms with van der Waals surface area (Å²) >= 11 is 0. The molecule has 0 bridgehead atoms. The van der Waals surface area contributed by atoms with E-state index in [2.05, 4.69) is 4.98 Å². The van der Waals surface area contributed by atoms with Crippen molar-refractivity contribution < 1.29 is 23.1 Å². The molecule has 0 atom stereocenters. The van der Waals surface area contributed by atoms with E-state index in [9.17, 15) is 18.0 Å². The third-order valence-corrected chi connectivity index (χ3v) is 1.34. The molecule has 0 spiro atoms. The molecule has 0 saturated heterocycles. The summed E-state index contributed by atoms with van der Waals surface area (Å²) in [6.45, 7) is 0. The van der Waals surface area contributed by atoms with E-state index in [1.54, 1.807) is 0 Å². The van der Waals surface area contributed by atoms with Crippen molar-refractivity contribution in [3.63, 3.8) is 0 Å². The lowest BCUT2D eigenvalue weighted by Crippen LogP contribution is -2.04. The minimum atomic E-state index is -2.86. The monoisotopic (exact) mass is 191 g/mol. The van der Waals surface area contributed by atoms with Gasteiger partial charge >= 0.3 is 5.97 Å². The van der Waals surface area contributed by atoms with Gasteiger partial charge in [0.1, 0.15) is 5.56 Å². The van der Waals surface area contributed by atoms with Gasteiger partial charge in [-0.1, -0.05) is 0 Å². The van der Waals surface area contributed by atoms with Crippen LogP contribution in [0.5, 0.6) is 0 Å². The first-order valence-electron chi connectivity index (χ1n) is 3.19. The third-order valence-electron chi connectivity index (χ3n) is 1.34. The number of hydrogen-bond acceptors (Lipinski definition) is 2. The van der Waals surface area contributed by atoms with Crippen LogP contribution in [0.3, 0.4) is 0 Å². The zero-order valence-corrected chi connectivity index (χ0v) is 6.17. The maximum absolute atomic E-state index is 12.5. The Balaban J connectivity index is 3.19. The van der Waals surface area contributed by atoms with E-state index in [1.165, 1.54) is 0 Å². The zero-order valence-electron chi connectivity index (χ0n) is 6.17. The smallest absolute Gasteiger partial charge is 0.340 e. The molecule has 1 aromatic rings. The van der Waals surface area contributed by atoms with Gasteiger partial charge in [0, 0.05) is 11.8 Å². The van der Waals surface area contributed by atoms with Crippen LogP contribution in [0.1, 0.15) is 22.3 Å². The fraction of sp³-hybridized carbons (Fsp3) is 0.143. The zero-order chi connectivity index (χ0) is 10.0. The van der Waals surface area contributed by atoms with E-state index in [4.69, 9.17) is 5.11 Å². The molecule has 1 heterocycles. The van der Waals surface area contributed by atoms with E-state index in [-0.39, 0.29) is 0 Å². The Morgan fingerprint density at radius 2 is 2.15 bits per heavy atom. The average Bonchev–Trinajstić information content (AvgIpc) is 2.04. The highest BCUT2D eigenvalue weighted by Crippen LogP contribution is 2.19. The molecule has 0 fully saturated rings. The first kappa shape index (κ1) is 9.50. The maximum Gasteiger partial charge on any atom is 0.340 e. The van der Waals surface area contributed by atoms with Crippen molar-refractivity contribution in [2.75, 3.05) is 0 Å². The Bertz CT molecular complexity index is 341. The van der Waals surface area contributed by atoms with E-state index in [1.807, 2.05) is 0 Å². The number of rotatable bonds is 2. The molecule has 6 heteroatoms. The molecular weight excluding hydrogens is 187 g/mol. The highest BCUT2D eigenvalue weighted by atomic mass is 19.3. The summed E-state index contributed by atoms with van der Waals surface area (Å²) < 4.78 is 36.5. The normalized spacial score (nSPS) is 10.5. The fourth-order valence-corrected chi connectivity index (χ4v) is 0.734. The number of aromatic carboxylic acids is 1. The molecule has 0 aliphatic heterocycles. The summed E-state index contributed by atoms with van der Waals surface area (Å²) in [5.74, 6) is -2.88. The highest BCUT2D eigenvalue weighted by Gasteiger charge is 2.16. The number of nitrogens with zero attached hydrogens (tertiary/aromatic N) is 1. The van der Waals surface area contributed by atoms with Crippen LogP contribution in [0.15, 0.2) is 12.3 Å². The molecule has 1 aromatic heterocycles. The molecule has 1 N–H and O–H groups in total. The minimum absolute atomic E-state index is 0.565. The van der Waals surface area contributed by atoms with Crippen LogP contribution in [0, 0.1) is 5.95 Å². The van der Waals surface area contributed by atoms with Gasteiger partial charge in [-0.25, -0.2) is 18.6 Å². The van der Waals surface area contributed by atoms with Gasteiger partial charge in [-0.15, -0.1) is 0 Å². The quantitative estimate of drug-likeness (QED) is 0.725. The van der Waals surface area contributed by atoms with Gasteiger partial charge in [-0.2, -0.15) is 4.39 Å². The number of carboxylic acid groups (broad SMARTS) is 1. The van der Waals surface area contributed by atoms with Crippen LogP contribution < -0.4 is 0 Å². The van der Waals surface area contributed by atoms with E-state index in [0.717, 1.165) is 0 Å². The van der Waals surface area contributed by atoms with Gasteiger partial charge in [0.2, 0.25) is 5.95 Å². The fourth-order valence-electron chi connectivity index (χ4n) is 0.734. The Morgan fingerprint density at radius 3 is 2.62 bits per heavy atom. The van der Waals surface area contributed by atoms with Crippen molar-refractivity contribution in [2.24, 2.45) is 0 Å². The molecule has 0 amide bonds. The average molecular weight is 191 g/mol. The largest absolute Gasteiger partial charge is 0.478 e. The van der Waals surface area contributed by atoms with Gasteiger partial charge in [-0.3, -0.25) is 0 Å². The predicted molar refractivity (Wildman–Crippen MR) is 36.1 cm³/mol. The molecule has 0 unspecified atom stereocenters. The Kier molecular flexibility index (Phi) is 2.50. The topological polar surface area (TPSA) is 50.2 Å². The molecule has 3 nitrogen and oxygen atoms in total. The lowest BCUT2D eigenvalue weighted by Gasteiger charge is -2.00. The molecule has 0 aromatic carbocycles. The van der Waals surface area contributed by atoms with Crippen LogP contribution in [0.4, 0.5) is 13.2 Å². The number of carboxylic acids is 1. The first-order valence-corrected chi connectivity index (χ1v) is 3.19. The second-order valence-corrected chi connectivity index (χ2v) is 2.21. The lowest BCUT2D eigenvalue weighted by atomic mass is 10.2. The van der Waals surface area contributed by atoms with E-state index >= 15 is 0 Å². The van der Waals surface area contributed by atoms with Crippen LogP contribution in [0.25, 0.3) is 0 Å². The summed E-state index contributed by atoms with van der Waals surface area (Å²) in [5, 5.41) is 8.35. The number of pyridine rings is 1. The van der Waals surface area contributed by atoms with Crippen molar-refractivity contribution in [3.8, 4) is 0 Å². The number of carbonyl (C=O) groups is 1. The maximum atomic E-state index is 12.5. The first-order chi connectivity index (χ1) is 6.02. The van der Waals surface area contributed by atoms with Crippen molar-refractivity contribution in [1.29, 1.82) is 0 Å². The summed E-state index contributed by atoms with van der Waals surface area (Å²) in [7, 11) is 0. The van der Waals surface area contributed by atoms with Gasteiger partial charge in [0.25, 0.3) is 6.43 Å². The summed E-state index contributed by atoms with van der Waals surface area (Å²) in [4.78, 5) is 13.2. The summed E-state index contributed by atoms with van der Waals surface area (Å²) in [6, 6.07) is 0.565.